The number of thioether (sulfide) groups is 1. The molecule has 9 atom stereocenters. The Kier molecular flexibility index (Phi) is 8.46. The molecule has 26 heavy (non-hydrogen) atoms. The molecule has 0 saturated carbocycles. The van der Waals surface area contributed by atoms with Crippen LogP contribution in [-0.2, 0) is 9.53 Å². The molecule has 0 aromatic rings. The maximum absolute atomic E-state index is 12.7. The van der Waals surface area contributed by atoms with E-state index in [0.717, 1.165) is 25.8 Å². The van der Waals surface area contributed by atoms with E-state index in [1.807, 2.05) is 0 Å². The fraction of sp³-hybridized carbons (Fsp3) is 0.941. The summed E-state index contributed by atoms with van der Waals surface area (Å²) in [5.74, 6) is 0.388. The first-order chi connectivity index (χ1) is 12.3. The lowest BCUT2D eigenvalue weighted by Gasteiger charge is -2.44. The van der Waals surface area contributed by atoms with Crippen LogP contribution in [0.5, 0.6) is 0 Å². The number of carbonyl (C=O) groups is 1. The molecule has 0 spiro atoms. The predicted molar refractivity (Wildman–Crippen MR) is 102 cm³/mol. The third kappa shape index (κ3) is 5.25. The quantitative estimate of drug-likeness (QED) is 0.407. The smallest absolute Gasteiger partial charge is 0.237 e. The third-order valence-electron chi connectivity index (χ3n) is 5.29. The monoisotopic (exact) mass is 410 g/mol. The molecular formula is C17H31ClN2O5S. The van der Waals surface area contributed by atoms with E-state index in [9.17, 15) is 20.1 Å². The van der Waals surface area contributed by atoms with Gasteiger partial charge in [-0.25, -0.2) is 0 Å². The Morgan fingerprint density at radius 3 is 2.54 bits per heavy atom. The van der Waals surface area contributed by atoms with Gasteiger partial charge in [-0.15, -0.1) is 23.4 Å². The molecule has 2 aliphatic rings. The second-order valence-corrected chi connectivity index (χ2v) is 8.99. The highest BCUT2D eigenvalue weighted by molar-refractivity contribution is 7.99. The van der Waals surface area contributed by atoms with E-state index in [2.05, 4.69) is 17.6 Å². The van der Waals surface area contributed by atoms with Crippen LogP contribution in [0.2, 0.25) is 0 Å². The average Bonchev–Trinajstić information content (AvgIpc) is 2.82. The Bertz CT molecular complexity index is 470. The highest BCUT2D eigenvalue weighted by Crippen LogP contribution is 2.30. The number of aliphatic hydroxyl groups excluding tert-OH is 3. The summed E-state index contributed by atoms with van der Waals surface area (Å²) >= 11 is 7.51. The zero-order chi connectivity index (χ0) is 19.4. The van der Waals surface area contributed by atoms with E-state index in [0.29, 0.717) is 5.92 Å². The molecule has 9 heteroatoms. The number of halogens is 1. The van der Waals surface area contributed by atoms with Crippen LogP contribution in [0.15, 0.2) is 0 Å². The Morgan fingerprint density at radius 2 is 1.92 bits per heavy atom. The summed E-state index contributed by atoms with van der Waals surface area (Å²) in [5, 5.41) is 36.1. The zero-order valence-electron chi connectivity index (χ0n) is 15.5. The number of nitrogens with one attached hydrogen (secondary N) is 2. The van der Waals surface area contributed by atoms with Crippen LogP contribution in [0.3, 0.4) is 0 Å². The standard InChI is InChI=1S/C17H31ClN2O5S/c1-8-4-5-10(19-7-6-8)16(24)20-11(9(2)18)15-13(22)12(21)14(23)17(25-15)26-3/h8-15,17,19,21-23H,4-7H2,1-3H3,(H,20,24)/t8-,9?,10?,11?,12?,13?,14?,15?,17?/m1/s1. The third-order valence-corrected chi connectivity index (χ3v) is 6.42. The molecule has 2 heterocycles. The van der Waals surface area contributed by atoms with Gasteiger partial charge in [0.1, 0.15) is 29.9 Å². The minimum Gasteiger partial charge on any atom is -0.388 e. The summed E-state index contributed by atoms with van der Waals surface area (Å²) in [4.78, 5) is 12.7. The summed E-state index contributed by atoms with van der Waals surface area (Å²) in [7, 11) is 0. The van der Waals surface area contributed by atoms with Crippen molar-refractivity contribution >= 4 is 29.3 Å². The largest absolute Gasteiger partial charge is 0.388 e. The molecule has 8 unspecified atom stereocenters. The lowest BCUT2D eigenvalue weighted by atomic mass is 9.92. The summed E-state index contributed by atoms with van der Waals surface area (Å²) in [6.45, 7) is 4.66. The van der Waals surface area contributed by atoms with Crippen molar-refractivity contribution in [1.82, 2.24) is 10.6 Å². The van der Waals surface area contributed by atoms with E-state index in [4.69, 9.17) is 16.3 Å². The van der Waals surface area contributed by atoms with Crippen molar-refractivity contribution in [2.45, 2.75) is 80.4 Å². The summed E-state index contributed by atoms with van der Waals surface area (Å²) in [5.41, 5.74) is -0.704. The van der Waals surface area contributed by atoms with Crippen LogP contribution in [0.4, 0.5) is 0 Å². The van der Waals surface area contributed by atoms with E-state index in [1.54, 1.807) is 13.2 Å². The number of aliphatic hydroxyl groups is 3. The molecule has 7 nitrogen and oxygen atoms in total. The van der Waals surface area contributed by atoms with Crippen molar-refractivity contribution < 1.29 is 24.9 Å². The average molecular weight is 411 g/mol. The Hall–Kier alpha value is -0.0900. The lowest BCUT2D eigenvalue weighted by molar-refractivity contribution is -0.205. The summed E-state index contributed by atoms with van der Waals surface area (Å²) in [6.07, 6.45) is -0.352. The van der Waals surface area contributed by atoms with Gasteiger partial charge in [0.15, 0.2) is 0 Å². The SMILES string of the molecule is CSC1OC(C(NC(=O)C2CC[C@@H](C)CCN2)C(C)Cl)C(O)C(O)C1O. The van der Waals surface area contributed by atoms with Gasteiger partial charge in [0.05, 0.1) is 17.5 Å². The highest BCUT2D eigenvalue weighted by atomic mass is 35.5. The molecule has 2 rings (SSSR count). The van der Waals surface area contributed by atoms with Gasteiger partial charge >= 0.3 is 0 Å². The van der Waals surface area contributed by atoms with Crippen LogP contribution >= 0.6 is 23.4 Å². The fourth-order valence-electron chi connectivity index (χ4n) is 3.51. The van der Waals surface area contributed by atoms with E-state index in [-0.39, 0.29) is 11.9 Å². The van der Waals surface area contributed by atoms with Crippen molar-refractivity contribution in [2.75, 3.05) is 12.8 Å². The number of rotatable bonds is 5. The fourth-order valence-corrected chi connectivity index (χ4v) is 4.40. The van der Waals surface area contributed by atoms with Crippen molar-refractivity contribution in [3.63, 3.8) is 0 Å². The minimum absolute atomic E-state index is 0.186. The second-order valence-electron chi connectivity index (χ2n) is 7.37. The maximum atomic E-state index is 12.7. The lowest BCUT2D eigenvalue weighted by Crippen LogP contribution is -2.65. The number of amides is 1. The van der Waals surface area contributed by atoms with Gasteiger partial charge in [0, 0.05) is 0 Å². The number of hydrogen-bond donors (Lipinski definition) is 5. The van der Waals surface area contributed by atoms with Gasteiger partial charge in [-0.3, -0.25) is 4.79 Å². The number of carbonyl (C=O) groups excluding carboxylic acids is 1. The first kappa shape index (κ1) is 22.2. The number of ether oxygens (including phenoxy) is 1. The molecular weight excluding hydrogens is 380 g/mol. The normalized spacial score (nSPS) is 41.1. The maximum Gasteiger partial charge on any atom is 0.237 e. The minimum atomic E-state index is -1.36. The molecule has 2 aliphatic heterocycles. The zero-order valence-corrected chi connectivity index (χ0v) is 17.0. The van der Waals surface area contributed by atoms with Crippen molar-refractivity contribution in [2.24, 2.45) is 5.92 Å². The molecule has 0 aromatic heterocycles. The van der Waals surface area contributed by atoms with Gasteiger partial charge in [-0.1, -0.05) is 6.92 Å². The highest BCUT2D eigenvalue weighted by Gasteiger charge is 2.48. The van der Waals surface area contributed by atoms with Gasteiger partial charge < -0.3 is 30.7 Å². The first-order valence-electron chi connectivity index (χ1n) is 9.16. The Labute approximate surface area is 164 Å². The summed E-state index contributed by atoms with van der Waals surface area (Å²) < 4.78 is 5.77. The van der Waals surface area contributed by atoms with Crippen LogP contribution < -0.4 is 10.6 Å². The molecule has 0 bridgehead atoms. The van der Waals surface area contributed by atoms with Gasteiger partial charge in [-0.05, 0) is 44.9 Å². The van der Waals surface area contributed by atoms with Gasteiger partial charge in [0.25, 0.3) is 0 Å². The molecule has 1 amide bonds. The van der Waals surface area contributed by atoms with Crippen LogP contribution in [-0.4, -0.2) is 81.3 Å². The molecule has 2 saturated heterocycles. The van der Waals surface area contributed by atoms with E-state index >= 15 is 0 Å². The molecule has 0 aromatic carbocycles. The number of alkyl halides is 1. The van der Waals surface area contributed by atoms with Crippen molar-refractivity contribution in [3.05, 3.63) is 0 Å². The second kappa shape index (κ2) is 9.91. The Morgan fingerprint density at radius 1 is 1.23 bits per heavy atom. The van der Waals surface area contributed by atoms with Crippen molar-refractivity contribution in [3.8, 4) is 0 Å². The first-order valence-corrected chi connectivity index (χ1v) is 10.9. The molecule has 0 aliphatic carbocycles. The van der Waals surface area contributed by atoms with Crippen molar-refractivity contribution in [1.29, 1.82) is 0 Å². The number of hydrogen-bond acceptors (Lipinski definition) is 7. The van der Waals surface area contributed by atoms with E-state index < -0.39 is 41.3 Å². The van der Waals surface area contributed by atoms with Gasteiger partial charge in [0.2, 0.25) is 5.91 Å². The van der Waals surface area contributed by atoms with Gasteiger partial charge in [-0.2, -0.15) is 0 Å². The molecule has 5 N–H and O–H groups in total. The molecule has 152 valence electrons. The van der Waals surface area contributed by atoms with Crippen LogP contribution in [0.1, 0.15) is 33.1 Å². The molecule has 0 radical (unpaired) electrons. The van der Waals surface area contributed by atoms with Crippen LogP contribution in [0.25, 0.3) is 0 Å². The predicted octanol–water partition coefficient (Wildman–Crippen LogP) is 0.0473. The molecule has 2 fully saturated rings. The summed E-state index contributed by atoms with van der Waals surface area (Å²) in [6, 6.07) is -1.01. The van der Waals surface area contributed by atoms with Crippen LogP contribution in [0, 0.1) is 5.92 Å². The topological polar surface area (TPSA) is 111 Å². The van der Waals surface area contributed by atoms with E-state index in [1.165, 1.54) is 11.8 Å². The Balaban J connectivity index is 2.08.